The number of hydrogen-bond donors (Lipinski definition) is 2. The smallest absolute Gasteiger partial charge is 0.173 e. The highest BCUT2D eigenvalue weighted by Gasteiger charge is 2.25. The van der Waals surface area contributed by atoms with Gasteiger partial charge >= 0.3 is 0 Å². The molecule has 146 valence electrons. The number of benzene rings is 2. The quantitative estimate of drug-likeness (QED) is 0.587. The summed E-state index contributed by atoms with van der Waals surface area (Å²) >= 11 is 5.66. The first kappa shape index (κ1) is 18.8. The Kier molecular flexibility index (Phi) is 5.27. The molecule has 0 unspecified atom stereocenters. The summed E-state index contributed by atoms with van der Waals surface area (Å²) in [4.78, 5) is 5.94. The Hall–Kier alpha value is -2.53. The SMILES string of the molecule is COc1ccccc1NC(=S)N1CCC(c2[nH]c3ccc(C)cc3c2C)CC1. The van der Waals surface area contributed by atoms with Gasteiger partial charge in [-0.3, -0.25) is 0 Å². The van der Waals surface area contributed by atoms with Crippen molar-refractivity contribution in [2.24, 2.45) is 0 Å². The largest absolute Gasteiger partial charge is 0.495 e. The molecule has 0 aliphatic carbocycles. The number of hydrogen-bond acceptors (Lipinski definition) is 2. The summed E-state index contributed by atoms with van der Waals surface area (Å²) in [5.41, 5.74) is 6.26. The van der Waals surface area contributed by atoms with E-state index in [1.807, 2.05) is 24.3 Å². The number of anilines is 1. The van der Waals surface area contributed by atoms with Crippen molar-refractivity contribution in [2.45, 2.75) is 32.6 Å². The highest BCUT2D eigenvalue weighted by atomic mass is 32.1. The Morgan fingerprint density at radius 3 is 2.64 bits per heavy atom. The van der Waals surface area contributed by atoms with Gasteiger partial charge in [0.1, 0.15) is 5.75 Å². The highest BCUT2D eigenvalue weighted by Crippen LogP contribution is 2.34. The number of aryl methyl sites for hydroxylation is 2. The molecule has 1 aliphatic heterocycles. The lowest BCUT2D eigenvalue weighted by Gasteiger charge is -2.34. The van der Waals surface area contributed by atoms with Crippen LogP contribution in [0, 0.1) is 13.8 Å². The van der Waals surface area contributed by atoms with E-state index in [1.54, 1.807) is 7.11 Å². The van der Waals surface area contributed by atoms with Crippen LogP contribution in [-0.4, -0.2) is 35.2 Å². The second-order valence-corrected chi connectivity index (χ2v) is 7.99. The molecule has 0 radical (unpaired) electrons. The van der Waals surface area contributed by atoms with E-state index in [0.29, 0.717) is 5.92 Å². The van der Waals surface area contributed by atoms with Gasteiger partial charge in [0.05, 0.1) is 12.8 Å². The van der Waals surface area contributed by atoms with Gasteiger partial charge in [-0.1, -0.05) is 23.8 Å². The van der Waals surface area contributed by atoms with E-state index >= 15 is 0 Å². The fourth-order valence-corrected chi connectivity index (χ4v) is 4.48. The van der Waals surface area contributed by atoms with Crippen LogP contribution in [0.5, 0.6) is 5.75 Å². The van der Waals surface area contributed by atoms with Crippen LogP contribution in [0.3, 0.4) is 0 Å². The number of ether oxygens (including phenoxy) is 1. The van der Waals surface area contributed by atoms with Gasteiger partial charge < -0.3 is 19.9 Å². The zero-order valence-corrected chi connectivity index (χ0v) is 17.5. The molecule has 2 aromatic carbocycles. The van der Waals surface area contributed by atoms with Crippen molar-refractivity contribution in [1.82, 2.24) is 9.88 Å². The highest BCUT2D eigenvalue weighted by molar-refractivity contribution is 7.80. The first-order valence-electron chi connectivity index (χ1n) is 9.84. The van der Waals surface area contributed by atoms with Crippen LogP contribution in [0.4, 0.5) is 5.69 Å². The first-order chi connectivity index (χ1) is 13.6. The maximum absolute atomic E-state index is 5.66. The lowest BCUT2D eigenvalue weighted by atomic mass is 9.91. The number of rotatable bonds is 3. The lowest BCUT2D eigenvalue weighted by Crippen LogP contribution is -2.40. The molecule has 5 heteroatoms. The average Bonchev–Trinajstić information content (AvgIpc) is 3.04. The maximum atomic E-state index is 5.66. The Morgan fingerprint density at radius 2 is 1.89 bits per heavy atom. The molecule has 28 heavy (non-hydrogen) atoms. The summed E-state index contributed by atoms with van der Waals surface area (Å²) in [5.74, 6) is 1.36. The first-order valence-corrected chi connectivity index (χ1v) is 10.3. The normalized spacial score (nSPS) is 15.0. The monoisotopic (exact) mass is 393 g/mol. The second-order valence-electron chi connectivity index (χ2n) is 7.60. The van der Waals surface area contributed by atoms with Crippen molar-refractivity contribution in [2.75, 3.05) is 25.5 Å². The molecule has 0 saturated carbocycles. The van der Waals surface area contributed by atoms with Gasteiger partial charge in [-0.05, 0) is 68.7 Å². The van der Waals surface area contributed by atoms with Crippen LogP contribution >= 0.6 is 12.2 Å². The fraction of sp³-hybridized carbons (Fsp3) is 0.348. The van der Waals surface area contributed by atoms with Gasteiger partial charge in [-0.2, -0.15) is 0 Å². The van der Waals surface area contributed by atoms with Gasteiger partial charge in [-0.25, -0.2) is 0 Å². The molecule has 1 saturated heterocycles. The van der Waals surface area contributed by atoms with Crippen LogP contribution in [0.15, 0.2) is 42.5 Å². The van der Waals surface area contributed by atoms with Gasteiger partial charge in [0.25, 0.3) is 0 Å². The summed E-state index contributed by atoms with van der Waals surface area (Å²) in [7, 11) is 1.68. The Labute approximate surface area is 171 Å². The molecule has 2 heterocycles. The summed E-state index contributed by atoms with van der Waals surface area (Å²) in [6, 6.07) is 14.5. The summed E-state index contributed by atoms with van der Waals surface area (Å²) in [6.45, 7) is 6.31. The van der Waals surface area contributed by atoms with E-state index < -0.39 is 0 Å². The number of piperidine rings is 1. The number of aromatic amines is 1. The molecule has 1 aromatic heterocycles. The molecule has 2 N–H and O–H groups in total. The number of aromatic nitrogens is 1. The molecule has 0 atom stereocenters. The number of fused-ring (bicyclic) bond motifs is 1. The van der Waals surface area contributed by atoms with Crippen molar-refractivity contribution in [3.8, 4) is 5.75 Å². The Morgan fingerprint density at radius 1 is 1.14 bits per heavy atom. The number of methoxy groups -OCH3 is 1. The van der Waals surface area contributed by atoms with E-state index in [2.05, 4.69) is 47.2 Å². The van der Waals surface area contributed by atoms with Crippen LogP contribution in [0.2, 0.25) is 0 Å². The number of H-pyrrole nitrogens is 1. The molecule has 0 spiro atoms. The third-order valence-electron chi connectivity index (χ3n) is 5.79. The summed E-state index contributed by atoms with van der Waals surface area (Å²) in [6.07, 6.45) is 2.20. The lowest BCUT2D eigenvalue weighted by molar-refractivity contribution is 0.314. The van der Waals surface area contributed by atoms with E-state index in [9.17, 15) is 0 Å². The van der Waals surface area contributed by atoms with Crippen molar-refractivity contribution < 1.29 is 4.74 Å². The molecule has 4 nitrogen and oxygen atoms in total. The predicted molar refractivity (Wildman–Crippen MR) is 121 cm³/mol. The number of likely N-dealkylation sites (tertiary alicyclic amines) is 1. The maximum Gasteiger partial charge on any atom is 0.173 e. The fourth-order valence-electron chi connectivity index (χ4n) is 4.18. The number of para-hydroxylation sites is 2. The van der Waals surface area contributed by atoms with Gasteiger partial charge in [0.2, 0.25) is 0 Å². The second kappa shape index (κ2) is 7.84. The van der Waals surface area contributed by atoms with E-state index in [1.165, 1.54) is 27.7 Å². The minimum atomic E-state index is 0.554. The van der Waals surface area contributed by atoms with Crippen LogP contribution in [0.1, 0.15) is 35.6 Å². The van der Waals surface area contributed by atoms with Gasteiger partial charge in [0, 0.05) is 35.6 Å². The van der Waals surface area contributed by atoms with Crippen molar-refractivity contribution in [3.05, 3.63) is 59.3 Å². The third kappa shape index (κ3) is 3.59. The van der Waals surface area contributed by atoms with Gasteiger partial charge in [0.15, 0.2) is 5.11 Å². The molecule has 1 fully saturated rings. The van der Waals surface area contributed by atoms with E-state index in [-0.39, 0.29) is 0 Å². The zero-order valence-electron chi connectivity index (χ0n) is 16.7. The zero-order chi connectivity index (χ0) is 19.7. The molecule has 3 aromatic rings. The van der Waals surface area contributed by atoms with Crippen molar-refractivity contribution in [1.29, 1.82) is 0 Å². The Bertz CT molecular complexity index is 1000. The topological polar surface area (TPSA) is 40.3 Å². The minimum absolute atomic E-state index is 0.554. The summed E-state index contributed by atoms with van der Waals surface area (Å²) < 4.78 is 5.41. The number of nitrogens with one attached hydrogen (secondary N) is 2. The van der Waals surface area contributed by atoms with Crippen LogP contribution < -0.4 is 10.1 Å². The van der Waals surface area contributed by atoms with Gasteiger partial charge in [-0.15, -0.1) is 0 Å². The molecule has 1 aliphatic rings. The van der Waals surface area contributed by atoms with Crippen molar-refractivity contribution >= 4 is 33.9 Å². The number of nitrogens with zero attached hydrogens (tertiary/aromatic N) is 1. The molecule has 0 amide bonds. The minimum Gasteiger partial charge on any atom is -0.495 e. The molecular formula is C23H27N3OS. The number of thiocarbonyl (C=S) groups is 1. The van der Waals surface area contributed by atoms with Crippen LogP contribution in [-0.2, 0) is 0 Å². The third-order valence-corrected chi connectivity index (χ3v) is 6.15. The predicted octanol–water partition coefficient (Wildman–Crippen LogP) is 5.37. The summed E-state index contributed by atoms with van der Waals surface area (Å²) in [5, 5.41) is 5.47. The average molecular weight is 394 g/mol. The Balaban J connectivity index is 1.43. The molecular weight excluding hydrogens is 366 g/mol. The molecule has 4 rings (SSSR count). The standard InChI is InChI=1S/C23H27N3OS/c1-15-8-9-19-18(14-15)16(2)22(24-19)17-10-12-26(13-11-17)23(28)25-20-6-4-5-7-21(20)27-3/h4-9,14,17,24H,10-13H2,1-3H3,(H,25,28). The van der Waals surface area contributed by atoms with Crippen molar-refractivity contribution in [3.63, 3.8) is 0 Å². The van der Waals surface area contributed by atoms with E-state index in [4.69, 9.17) is 17.0 Å². The molecule has 0 bridgehead atoms. The van der Waals surface area contributed by atoms with E-state index in [0.717, 1.165) is 42.5 Å². The van der Waals surface area contributed by atoms with Crippen LogP contribution in [0.25, 0.3) is 10.9 Å².